The Labute approximate surface area is 200 Å². The van der Waals surface area contributed by atoms with Gasteiger partial charge in [0.15, 0.2) is 0 Å². The highest BCUT2D eigenvalue weighted by Gasteiger charge is 2.56. The predicted molar refractivity (Wildman–Crippen MR) is 123 cm³/mol. The van der Waals surface area contributed by atoms with Crippen molar-refractivity contribution in [3.8, 4) is 17.0 Å². The number of likely N-dealkylation sites (tertiary alicyclic amines) is 1. The molecule has 5 rings (SSSR count). The van der Waals surface area contributed by atoms with E-state index in [-0.39, 0.29) is 29.1 Å². The highest BCUT2D eigenvalue weighted by atomic mass is 35.5. The molecular formula is C25H22ClN3O5. The van der Waals surface area contributed by atoms with Crippen molar-refractivity contribution in [1.82, 2.24) is 15.4 Å². The second-order valence-electron chi connectivity index (χ2n) is 8.93. The van der Waals surface area contributed by atoms with E-state index in [4.69, 9.17) is 20.9 Å². The fourth-order valence-corrected chi connectivity index (χ4v) is 5.27. The van der Waals surface area contributed by atoms with Gasteiger partial charge in [0.25, 0.3) is 0 Å². The minimum Gasteiger partial charge on any atom is -0.422 e. The largest absolute Gasteiger partial charge is 0.422 e. The van der Waals surface area contributed by atoms with Crippen molar-refractivity contribution in [1.29, 1.82) is 0 Å². The molecule has 3 aromatic rings. The molecule has 0 saturated carbocycles. The Morgan fingerprint density at radius 1 is 1.21 bits per heavy atom. The molecule has 2 aliphatic heterocycles. The fourth-order valence-electron chi connectivity index (χ4n) is 5.04. The van der Waals surface area contributed by atoms with Crippen LogP contribution in [0, 0.1) is 5.41 Å². The van der Waals surface area contributed by atoms with E-state index >= 15 is 0 Å². The van der Waals surface area contributed by atoms with Crippen molar-refractivity contribution < 1.29 is 23.6 Å². The number of fused-ring (bicyclic) bond motifs is 1. The van der Waals surface area contributed by atoms with Crippen LogP contribution in [-0.2, 0) is 9.59 Å². The molecule has 3 heterocycles. The van der Waals surface area contributed by atoms with E-state index in [2.05, 4.69) is 10.5 Å². The zero-order chi connectivity index (χ0) is 24.0. The lowest BCUT2D eigenvalue weighted by Crippen LogP contribution is -2.46. The number of carbonyl (C=O) groups is 3. The van der Waals surface area contributed by atoms with E-state index in [0.29, 0.717) is 34.7 Å². The molecule has 2 aromatic carbocycles. The van der Waals surface area contributed by atoms with E-state index in [9.17, 15) is 14.4 Å². The molecule has 1 aromatic heterocycles. The van der Waals surface area contributed by atoms with Crippen molar-refractivity contribution in [2.45, 2.75) is 38.9 Å². The molecular weight excluding hydrogens is 458 g/mol. The van der Waals surface area contributed by atoms with E-state index < -0.39 is 17.6 Å². The lowest BCUT2D eigenvalue weighted by Gasteiger charge is -2.30. The molecule has 0 aliphatic carbocycles. The third kappa shape index (κ3) is 3.64. The molecule has 0 bridgehead atoms. The minimum atomic E-state index is -0.657. The van der Waals surface area contributed by atoms with Crippen LogP contribution in [0.1, 0.15) is 48.7 Å². The van der Waals surface area contributed by atoms with Gasteiger partial charge in [0.05, 0.1) is 11.1 Å². The van der Waals surface area contributed by atoms with Crippen molar-refractivity contribution in [3.05, 3.63) is 70.9 Å². The number of nitrogens with one attached hydrogen (secondary N) is 1. The van der Waals surface area contributed by atoms with Crippen LogP contribution in [0.25, 0.3) is 11.3 Å². The summed E-state index contributed by atoms with van der Waals surface area (Å²) in [5, 5.41) is 7.30. The molecule has 0 radical (unpaired) electrons. The number of para-hydroxylation sites is 1. The average Bonchev–Trinajstić information content (AvgIpc) is 3.45. The Hall–Kier alpha value is -3.65. The maximum absolute atomic E-state index is 13.2. The van der Waals surface area contributed by atoms with E-state index in [1.807, 2.05) is 19.1 Å². The minimum absolute atomic E-state index is 0.0727. The summed E-state index contributed by atoms with van der Waals surface area (Å²) in [4.78, 5) is 39.5. The summed E-state index contributed by atoms with van der Waals surface area (Å²) in [6.07, 6.45) is 1.71. The Bertz CT molecular complexity index is 1300. The number of halogens is 1. The summed E-state index contributed by atoms with van der Waals surface area (Å²) in [6.45, 7) is 3.47. The molecule has 8 nitrogen and oxygen atoms in total. The maximum atomic E-state index is 13.2. The zero-order valence-electron chi connectivity index (χ0n) is 18.6. The van der Waals surface area contributed by atoms with Gasteiger partial charge in [-0.1, -0.05) is 60.1 Å². The number of benzene rings is 2. The Morgan fingerprint density at radius 3 is 2.71 bits per heavy atom. The first-order valence-electron chi connectivity index (χ1n) is 10.9. The first kappa shape index (κ1) is 22.2. The van der Waals surface area contributed by atoms with Crippen LogP contribution in [0.4, 0.5) is 0 Å². The molecule has 0 spiro atoms. The number of carbonyl (C=O) groups excluding carboxylic acids is 3. The highest BCUT2D eigenvalue weighted by molar-refractivity contribution is 6.33. The average molecular weight is 480 g/mol. The van der Waals surface area contributed by atoms with Gasteiger partial charge in [-0.3, -0.25) is 9.59 Å². The third-order valence-corrected chi connectivity index (χ3v) is 6.89. The number of nitrogens with zero attached hydrogens (tertiary/aromatic N) is 2. The maximum Gasteiger partial charge on any atom is 0.349 e. The van der Waals surface area contributed by atoms with Crippen molar-refractivity contribution in [2.24, 2.45) is 5.41 Å². The normalized spacial score (nSPS) is 23.5. The van der Waals surface area contributed by atoms with E-state index in [1.54, 1.807) is 41.3 Å². The predicted octanol–water partition coefficient (Wildman–Crippen LogP) is 4.36. The topological polar surface area (TPSA) is 102 Å². The summed E-state index contributed by atoms with van der Waals surface area (Å²) in [5.41, 5.74) is 1.24. The van der Waals surface area contributed by atoms with Crippen molar-refractivity contribution in [2.75, 3.05) is 0 Å². The molecule has 9 heteroatoms. The summed E-state index contributed by atoms with van der Waals surface area (Å²) < 4.78 is 10.9. The van der Waals surface area contributed by atoms with Crippen LogP contribution < -0.4 is 10.1 Å². The second kappa shape index (κ2) is 8.29. The standard InChI is InChI=1S/C25H22ClN3O5/c1-14(30)29-19(11-25(2)12-21(31)27-24(25)29)16-8-4-6-10-20(16)34-23(32)17-13-33-28-22(17)15-7-3-5-9-18(15)26/h3-10,13,19,24H,11-12H2,1-2H3,(H,27,31)/t19-,24-,25-/m1/s1. The van der Waals surface area contributed by atoms with Gasteiger partial charge in [0, 0.05) is 29.9 Å². The molecule has 2 aliphatic rings. The number of esters is 1. The monoisotopic (exact) mass is 479 g/mol. The molecule has 1 N–H and O–H groups in total. The zero-order valence-corrected chi connectivity index (χ0v) is 19.3. The second-order valence-corrected chi connectivity index (χ2v) is 9.34. The Balaban J connectivity index is 1.47. The molecule has 2 amide bonds. The van der Waals surface area contributed by atoms with Crippen molar-refractivity contribution in [3.63, 3.8) is 0 Å². The molecule has 0 unspecified atom stereocenters. The van der Waals surface area contributed by atoms with E-state index in [1.165, 1.54) is 13.2 Å². The van der Waals surface area contributed by atoms with Crippen LogP contribution in [0.3, 0.4) is 0 Å². The van der Waals surface area contributed by atoms with Gasteiger partial charge in [-0.05, 0) is 18.6 Å². The molecule has 174 valence electrons. The summed E-state index contributed by atoms with van der Waals surface area (Å²) in [6, 6.07) is 13.7. The summed E-state index contributed by atoms with van der Waals surface area (Å²) in [5.74, 6) is -0.570. The Kier molecular flexibility index (Phi) is 5.40. The van der Waals surface area contributed by atoms with Crippen LogP contribution in [0.2, 0.25) is 5.02 Å². The van der Waals surface area contributed by atoms with Crippen LogP contribution in [-0.4, -0.2) is 34.0 Å². The van der Waals surface area contributed by atoms with Gasteiger partial charge < -0.3 is 19.5 Å². The third-order valence-electron chi connectivity index (χ3n) is 6.56. The van der Waals surface area contributed by atoms with Gasteiger partial charge in [-0.25, -0.2) is 4.79 Å². The molecule has 2 saturated heterocycles. The Morgan fingerprint density at radius 2 is 1.94 bits per heavy atom. The molecule has 34 heavy (non-hydrogen) atoms. The lowest BCUT2D eigenvalue weighted by molar-refractivity contribution is -0.133. The number of hydrogen-bond acceptors (Lipinski definition) is 6. The van der Waals surface area contributed by atoms with Gasteiger partial charge in [-0.15, -0.1) is 0 Å². The lowest BCUT2D eigenvalue weighted by atomic mass is 9.83. The summed E-state index contributed by atoms with van der Waals surface area (Å²) >= 11 is 6.28. The first-order valence-corrected chi connectivity index (χ1v) is 11.2. The van der Waals surface area contributed by atoms with Crippen molar-refractivity contribution >= 4 is 29.4 Å². The molecule has 3 atom stereocenters. The van der Waals surface area contributed by atoms with E-state index in [0.717, 1.165) is 0 Å². The number of ether oxygens (including phenoxy) is 1. The number of hydrogen-bond donors (Lipinski definition) is 1. The fraction of sp³-hybridized carbons (Fsp3) is 0.280. The van der Waals surface area contributed by atoms with Crippen LogP contribution in [0.15, 0.2) is 59.3 Å². The van der Waals surface area contributed by atoms with Gasteiger partial charge in [0.2, 0.25) is 11.8 Å². The number of amides is 2. The molecule has 2 fully saturated rings. The van der Waals surface area contributed by atoms with Gasteiger partial charge in [0.1, 0.15) is 29.4 Å². The number of aromatic nitrogens is 1. The SMILES string of the molecule is CC(=O)N1[C@@H](c2ccccc2OC(=O)c2conc2-c2ccccc2Cl)C[C@]2(C)CC(=O)N[C@H]12. The van der Waals surface area contributed by atoms with Gasteiger partial charge in [-0.2, -0.15) is 0 Å². The number of rotatable bonds is 4. The van der Waals surface area contributed by atoms with Crippen LogP contribution >= 0.6 is 11.6 Å². The highest BCUT2D eigenvalue weighted by Crippen LogP contribution is 2.52. The smallest absolute Gasteiger partial charge is 0.349 e. The van der Waals surface area contributed by atoms with Crippen LogP contribution in [0.5, 0.6) is 5.75 Å². The first-order chi connectivity index (χ1) is 16.3. The quantitative estimate of drug-likeness (QED) is 0.440. The summed E-state index contributed by atoms with van der Waals surface area (Å²) in [7, 11) is 0. The van der Waals surface area contributed by atoms with Gasteiger partial charge >= 0.3 is 5.97 Å².